The molecule has 0 spiro atoms. The highest BCUT2D eigenvalue weighted by atomic mass is 32.3. The third-order valence-electron chi connectivity index (χ3n) is 6.58. The number of carbonyl (C=O) groups is 1. The Morgan fingerprint density at radius 1 is 1.15 bits per heavy atom. The Morgan fingerprint density at radius 2 is 1.91 bits per heavy atom. The zero-order valence-corrected chi connectivity index (χ0v) is 19.6. The first kappa shape index (κ1) is 21.8. The van der Waals surface area contributed by atoms with Crippen LogP contribution in [-0.4, -0.2) is 55.7 Å². The van der Waals surface area contributed by atoms with Gasteiger partial charge in [-0.15, -0.1) is 4.31 Å². The fraction of sp³-hybridized carbons (Fsp3) is 0.333. The molecule has 2 aromatic carbocycles. The standard InChI is InChI=1S/C24H26N4O4S/c1-16-22-17(2)27(24(29)23(22)28(25-16)18-8-5-4-6-9-18)19-12-13-26(15-19)33(30,31)21-11-7-10-20(14-21)32-3/h4-11,14,17,19H,12-13,15H2,1-3H3. The summed E-state index contributed by atoms with van der Waals surface area (Å²) in [6.45, 7) is 4.53. The molecule has 0 bridgehead atoms. The molecule has 1 fully saturated rings. The summed E-state index contributed by atoms with van der Waals surface area (Å²) in [7, 11) is -2.18. The van der Waals surface area contributed by atoms with Crippen LogP contribution in [0.25, 0.3) is 5.69 Å². The predicted octanol–water partition coefficient (Wildman–Crippen LogP) is 3.38. The molecule has 0 radical (unpaired) electrons. The van der Waals surface area contributed by atoms with Crippen LogP contribution in [0.1, 0.15) is 41.1 Å². The highest BCUT2D eigenvalue weighted by Crippen LogP contribution is 2.40. The van der Waals surface area contributed by atoms with Gasteiger partial charge in [-0.1, -0.05) is 28.5 Å². The van der Waals surface area contributed by atoms with Crippen molar-refractivity contribution in [3.63, 3.8) is 0 Å². The topological polar surface area (TPSA) is 90.7 Å². The van der Waals surface area contributed by atoms with Crippen LogP contribution in [0.4, 0.5) is 0 Å². The van der Waals surface area contributed by atoms with Crippen molar-refractivity contribution in [1.29, 1.82) is 0 Å². The van der Waals surface area contributed by atoms with Gasteiger partial charge in [-0.2, -0.15) is 5.10 Å². The largest absolute Gasteiger partial charge is 0.593 e. The molecule has 9 heteroatoms. The predicted molar refractivity (Wildman–Crippen MR) is 123 cm³/mol. The van der Waals surface area contributed by atoms with E-state index in [0.29, 0.717) is 24.4 Å². The van der Waals surface area contributed by atoms with Gasteiger partial charge in [-0.05, 0) is 44.5 Å². The van der Waals surface area contributed by atoms with Crippen molar-refractivity contribution in [3.05, 3.63) is 71.5 Å². The Bertz CT molecular complexity index is 1260. The van der Waals surface area contributed by atoms with E-state index in [0.717, 1.165) is 16.9 Å². The number of hydrogen-bond acceptors (Lipinski definition) is 5. The van der Waals surface area contributed by atoms with E-state index in [1.165, 1.54) is 17.5 Å². The molecule has 2 aliphatic rings. The fourth-order valence-corrected chi connectivity index (χ4v) is 6.52. The molecule has 172 valence electrons. The van der Waals surface area contributed by atoms with E-state index in [1.807, 2.05) is 49.1 Å². The number of carbonyl (C=O) groups excluding carboxylic acids is 1. The summed E-state index contributed by atoms with van der Waals surface area (Å²) in [5, 5.41) is 4.63. The van der Waals surface area contributed by atoms with Gasteiger partial charge in [0.05, 0.1) is 37.1 Å². The molecule has 1 aromatic heterocycles. The molecule has 0 saturated carbocycles. The summed E-state index contributed by atoms with van der Waals surface area (Å²) in [5.41, 5.74) is 3.13. The molecule has 2 aliphatic heterocycles. The third kappa shape index (κ3) is 3.47. The number of aryl methyl sites for hydroxylation is 1. The number of benzene rings is 2. The molecule has 3 atom stereocenters. The summed E-state index contributed by atoms with van der Waals surface area (Å²) in [6.07, 6.45) is 0.585. The van der Waals surface area contributed by atoms with Gasteiger partial charge in [0, 0.05) is 18.2 Å². The Balaban J connectivity index is 1.42. The SMILES string of the molecule is COc1cccc([S+](=O)([O-])N2CCC(N3C(=O)c4c(c(C)nn4-c4ccccc4)C3C)C2)c1. The van der Waals surface area contributed by atoms with Crippen LogP contribution in [0.3, 0.4) is 0 Å². The summed E-state index contributed by atoms with van der Waals surface area (Å²) in [4.78, 5) is 15.6. The molecule has 3 aromatic rings. The number of ether oxygens (including phenoxy) is 1. The number of methoxy groups -OCH3 is 1. The number of nitrogens with zero attached hydrogens (tertiary/aromatic N) is 4. The zero-order valence-electron chi connectivity index (χ0n) is 18.8. The minimum Gasteiger partial charge on any atom is -0.593 e. The molecule has 33 heavy (non-hydrogen) atoms. The number of hydrogen-bond donors (Lipinski definition) is 0. The third-order valence-corrected chi connectivity index (χ3v) is 8.44. The van der Waals surface area contributed by atoms with Crippen LogP contribution in [0.5, 0.6) is 5.75 Å². The fourth-order valence-electron chi connectivity index (χ4n) is 4.99. The molecule has 3 heterocycles. The maximum absolute atomic E-state index is 13.6. The molecule has 0 aliphatic carbocycles. The van der Waals surface area contributed by atoms with Crippen LogP contribution in [-0.2, 0) is 14.6 Å². The van der Waals surface area contributed by atoms with E-state index in [2.05, 4.69) is 5.10 Å². The Kier molecular flexibility index (Phi) is 5.35. The van der Waals surface area contributed by atoms with Gasteiger partial charge < -0.3 is 14.2 Å². The lowest BCUT2D eigenvalue weighted by atomic mass is 10.1. The number of amides is 1. The van der Waals surface area contributed by atoms with E-state index >= 15 is 0 Å². The monoisotopic (exact) mass is 466 g/mol. The minimum atomic E-state index is -3.68. The first-order valence-electron chi connectivity index (χ1n) is 10.9. The number of aromatic nitrogens is 2. The summed E-state index contributed by atoms with van der Waals surface area (Å²) in [6, 6.07) is 15.7. The lowest BCUT2D eigenvalue weighted by Gasteiger charge is -2.30. The van der Waals surface area contributed by atoms with Crippen LogP contribution in [0.2, 0.25) is 0 Å². The number of fused-ring (bicyclic) bond motifs is 1. The molecular formula is C24H26N4O4S. The average Bonchev–Trinajstić information content (AvgIpc) is 3.51. The van der Waals surface area contributed by atoms with E-state index in [1.54, 1.807) is 22.9 Å². The molecule has 1 amide bonds. The van der Waals surface area contributed by atoms with Gasteiger partial charge in [0.25, 0.3) is 5.91 Å². The number of rotatable bonds is 5. The van der Waals surface area contributed by atoms with Gasteiger partial charge in [-0.25, -0.2) is 4.68 Å². The van der Waals surface area contributed by atoms with Crippen LogP contribution >= 0.6 is 0 Å². The quantitative estimate of drug-likeness (QED) is 0.538. The highest BCUT2D eigenvalue weighted by molar-refractivity contribution is 7.95. The van der Waals surface area contributed by atoms with E-state index < -0.39 is 10.4 Å². The van der Waals surface area contributed by atoms with E-state index in [4.69, 9.17) is 4.74 Å². The lowest BCUT2D eigenvalue weighted by Crippen LogP contribution is -2.42. The Morgan fingerprint density at radius 3 is 2.64 bits per heavy atom. The highest BCUT2D eigenvalue weighted by Gasteiger charge is 2.47. The smallest absolute Gasteiger partial charge is 0.273 e. The molecule has 3 unspecified atom stereocenters. The van der Waals surface area contributed by atoms with Crippen LogP contribution in [0.15, 0.2) is 59.5 Å². The van der Waals surface area contributed by atoms with E-state index in [9.17, 15) is 13.6 Å². The van der Waals surface area contributed by atoms with E-state index in [-0.39, 0.29) is 29.4 Å². The van der Waals surface area contributed by atoms with Crippen molar-refractivity contribution in [2.24, 2.45) is 0 Å². The van der Waals surface area contributed by atoms with Crippen molar-refractivity contribution < 1.29 is 18.3 Å². The summed E-state index contributed by atoms with van der Waals surface area (Å²) >= 11 is 0. The first-order valence-corrected chi connectivity index (χ1v) is 12.4. The Hall–Kier alpha value is -3.01. The van der Waals surface area contributed by atoms with Crippen molar-refractivity contribution in [2.75, 3.05) is 20.2 Å². The van der Waals surface area contributed by atoms with Crippen LogP contribution < -0.4 is 4.74 Å². The van der Waals surface area contributed by atoms with Gasteiger partial charge in [0.2, 0.25) is 0 Å². The number of para-hydroxylation sites is 1. The maximum atomic E-state index is 13.6. The maximum Gasteiger partial charge on any atom is 0.273 e. The van der Waals surface area contributed by atoms with Crippen LogP contribution in [0, 0.1) is 6.92 Å². The second-order valence-corrected chi connectivity index (χ2v) is 10.4. The average molecular weight is 467 g/mol. The minimum absolute atomic E-state index is 0.104. The normalized spacial score (nSPS) is 22.4. The van der Waals surface area contributed by atoms with Gasteiger partial charge in [-0.3, -0.25) is 4.79 Å². The van der Waals surface area contributed by atoms with Gasteiger partial charge in [0.15, 0.2) is 15.3 Å². The lowest BCUT2D eigenvalue weighted by molar-refractivity contribution is 0.0646. The molecule has 5 rings (SSSR count). The van der Waals surface area contributed by atoms with Crippen molar-refractivity contribution in [3.8, 4) is 11.4 Å². The molecule has 1 saturated heterocycles. The van der Waals surface area contributed by atoms with Crippen molar-refractivity contribution in [1.82, 2.24) is 19.0 Å². The summed E-state index contributed by atoms with van der Waals surface area (Å²) in [5.74, 6) is 0.388. The molecular weight excluding hydrogens is 440 g/mol. The summed E-state index contributed by atoms with van der Waals surface area (Å²) < 4.78 is 34.8. The molecule has 0 N–H and O–H groups in total. The van der Waals surface area contributed by atoms with Crippen molar-refractivity contribution in [2.45, 2.75) is 37.2 Å². The van der Waals surface area contributed by atoms with Gasteiger partial charge >= 0.3 is 0 Å². The second kappa shape index (κ2) is 8.09. The zero-order chi connectivity index (χ0) is 23.3. The van der Waals surface area contributed by atoms with Gasteiger partial charge in [0.1, 0.15) is 11.4 Å². The number of sulfonamides is 1. The Labute approximate surface area is 194 Å². The molecule has 8 nitrogen and oxygen atoms in total. The first-order chi connectivity index (χ1) is 15.8. The second-order valence-electron chi connectivity index (χ2n) is 8.47. The van der Waals surface area contributed by atoms with Crippen molar-refractivity contribution >= 4 is 16.3 Å².